The van der Waals surface area contributed by atoms with Gasteiger partial charge in [0.15, 0.2) is 5.13 Å². The van der Waals surface area contributed by atoms with Gasteiger partial charge in [0.1, 0.15) is 5.92 Å². The van der Waals surface area contributed by atoms with Crippen LogP contribution >= 0.6 is 23.1 Å². The van der Waals surface area contributed by atoms with Crippen LogP contribution in [0.25, 0.3) is 0 Å². The lowest BCUT2D eigenvalue weighted by molar-refractivity contribution is -0.128. The van der Waals surface area contributed by atoms with Crippen molar-refractivity contribution >= 4 is 57.9 Å². The van der Waals surface area contributed by atoms with Crippen molar-refractivity contribution in [2.45, 2.75) is 17.7 Å². The van der Waals surface area contributed by atoms with Crippen molar-refractivity contribution in [3.8, 4) is 0 Å². The first-order valence-corrected chi connectivity index (χ1v) is 10.6. The fraction of sp³-hybridized carbons (Fsp3) is 0.211. The highest BCUT2D eigenvalue weighted by Gasteiger charge is 2.25. The number of thioether (sulfide) groups is 1. The van der Waals surface area contributed by atoms with E-state index in [0.29, 0.717) is 17.2 Å². The third-order valence-corrected chi connectivity index (χ3v) is 5.42. The summed E-state index contributed by atoms with van der Waals surface area (Å²) in [5.74, 6) is -2.00. The lowest BCUT2D eigenvalue weighted by Gasteiger charge is -2.09. The van der Waals surface area contributed by atoms with Crippen LogP contribution in [-0.2, 0) is 20.8 Å². The van der Waals surface area contributed by atoms with Crippen LogP contribution in [0, 0.1) is 5.92 Å². The molecule has 0 saturated carbocycles. The first-order chi connectivity index (χ1) is 13.5. The minimum atomic E-state index is -0.930. The van der Waals surface area contributed by atoms with Crippen LogP contribution in [0.1, 0.15) is 12.1 Å². The molecule has 144 valence electrons. The minimum absolute atomic E-state index is 0.104. The van der Waals surface area contributed by atoms with Crippen LogP contribution in [0.4, 0.5) is 10.8 Å². The average molecular weight is 415 g/mol. The van der Waals surface area contributed by atoms with Crippen LogP contribution in [0.15, 0.2) is 51.7 Å². The summed E-state index contributed by atoms with van der Waals surface area (Å²) >= 11 is 2.86. The number of dihydropyridines is 1. The zero-order chi connectivity index (χ0) is 19.9. The fourth-order valence-corrected chi connectivity index (χ4v) is 3.67. The molecule has 0 saturated heterocycles. The highest BCUT2D eigenvalue weighted by Crippen LogP contribution is 2.20. The third kappa shape index (κ3) is 5.37. The van der Waals surface area contributed by atoms with Gasteiger partial charge in [-0.05, 0) is 37.0 Å². The van der Waals surface area contributed by atoms with E-state index in [-0.39, 0.29) is 12.3 Å². The molecule has 2 N–H and O–H groups in total. The molecule has 0 fully saturated rings. The zero-order valence-corrected chi connectivity index (χ0v) is 16.7. The Morgan fingerprint density at radius 2 is 2.14 bits per heavy atom. The number of thiazole rings is 1. The van der Waals surface area contributed by atoms with Crippen molar-refractivity contribution in [2.24, 2.45) is 10.9 Å². The number of carbonyl (C=O) groups excluding carboxylic acids is 3. The van der Waals surface area contributed by atoms with E-state index in [4.69, 9.17) is 0 Å². The molecule has 7 nitrogen and oxygen atoms in total. The topological polar surface area (TPSA) is 101 Å². The first kappa shape index (κ1) is 20.0. The van der Waals surface area contributed by atoms with Gasteiger partial charge in [-0.25, -0.2) is 9.98 Å². The minimum Gasteiger partial charge on any atom is -0.326 e. The van der Waals surface area contributed by atoms with Crippen LogP contribution in [-0.4, -0.2) is 35.2 Å². The lowest BCUT2D eigenvalue weighted by atomic mass is 10.1. The normalized spacial score (nSPS) is 15.5. The van der Waals surface area contributed by atoms with E-state index in [1.54, 1.807) is 23.2 Å². The molecule has 1 aliphatic rings. The molecule has 0 bridgehead atoms. The SMILES string of the molecule is CSc1cccc(NC(=O)CCc2csc(NC(=O)C3C=CC=NC3=O)n2)c1. The lowest BCUT2D eigenvalue weighted by Crippen LogP contribution is -2.28. The van der Waals surface area contributed by atoms with Crippen molar-refractivity contribution in [1.29, 1.82) is 0 Å². The predicted octanol–water partition coefficient (Wildman–Crippen LogP) is 3.16. The number of nitrogens with zero attached hydrogens (tertiary/aromatic N) is 2. The van der Waals surface area contributed by atoms with Gasteiger partial charge in [-0.15, -0.1) is 23.1 Å². The number of aliphatic imine (C=N–C) groups is 1. The number of carbonyl (C=O) groups is 3. The summed E-state index contributed by atoms with van der Waals surface area (Å²) in [5, 5.41) is 7.67. The van der Waals surface area contributed by atoms with Gasteiger partial charge in [-0.1, -0.05) is 12.1 Å². The molecular weight excluding hydrogens is 396 g/mol. The second-order valence-electron chi connectivity index (χ2n) is 5.89. The molecule has 0 aliphatic carbocycles. The third-order valence-electron chi connectivity index (χ3n) is 3.88. The molecule has 3 rings (SSSR count). The summed E-state index contributed by atoms with van der Waals surface area (Å²) < 4.78 is 0. The van der Waals surface area contributed by atoms with Gasteiger partial charge in [-0.3, -0.25) is 14.4 Å². The quantitative estimate of drug-likeness (QED) is 0.535. The monoisotopic (exact) mass is 414 g/mol. The van der Waals surface area contributed by atoms with Crippen molar-refractivity contribution in [2.75, 3.05) is 16.9 Å². The Morgan fingerprint density at radius 1 is 1.29 bits per heavy atom. The van der Waals surface area contributed by atoms with Crippen LogP contribution in [0.3, 0.4) is 0 Å². The average Bonchev–Trinajstić information content (AvgIpc) is 3.14. The van der Waals surface area contributed by atoms with E-state index >= 15 is 0 Å². The van der Waals surface area contributed by atoms with Gasteiger partial charge in [0.05, 0.1) is 5.69 Å². The Hall–Kier alpha value is -2.78. The number of aryl methyl sites for hydroxylation is 1. The second kappa shape index (κ2) is 9.43. The largest absolute Gasteiger partial charge is 0.326 e. The molecule has 0 spiro atoms. The number of hydrogen-bond donors (Lipinski definition) is 2. The van der Waals surface area contributed by atoms with E-state index in [2.05, 4.69) is 20.6 Å². The standard InChI is InChI=1S/C19H18N4O3S2/c1-27-14-5-2-4-12(10-14)21-16(24)8-7-13-11-28-19(22-13)23-18(26)15-6-3-9-20-17(15)25/h2-6,9-11,15H,7-8H2,1H3,(H,21,24)(H,22,23,26). The van der Waals surface area contributed by atoms with Gasteiger partial charge >= 0.3 is 0 Å². The van der Waals surface area contributed by atoms with Gasteiger partial charge < -0.3 is 10.6 Å². The molecular formula is C19H18N4O3S2. The van der Waals surface area contributed by atoms with Crippen molar-refractivity contribution in [3.63, 3.8) is 0 Å². The maximum Gasteiger partial charge on any atom is 0.262 e. The van der Waals surface area contributed by atoms with E-state index in [1.165, 1.54) is 23.6 Å². The number of amides is 3. The molecule has 1 unspecified atom stereocenters. The van der Waals surface area contributed by atoms with Crippen LogP contribution < -0.4 is 10.6 Å². The summed E-state index contributed by atoms with van der Waals surface area (Å²) in [4.78, 5) is 44.9. The van der Waals surface area contributed by atoms with E-state index in [1.807, 2.05) is 30.5 Å². The summed E-state index contributed by atoms with van der Waals surface area (Å²) in [6.45, 7) is 0. The molecule has 2 heterocycles. The number of aromatic nitrogens is 1. The smallest absolute Gasteiger partial charge is 0.262 e. The summed E-state index contributed by atoms with van der Waals surface area (Å²) in [6, 6.07) is 7.64. The number of allylic oxidation sites excluding steroid dienone is 1. The number of anilines is 2. The molecule has 1 aliphatic heterocycles. The van der Waals surface area contributed by atoms with E-state index in [0.717, 1.165) is 10.6 Å². The molecule has 0 radical (unpaired) electrons. The highest BCUT2D eigenvalue weighted by atomic mass is 32.2. The van der Waals surface area contributed by atoms with Crippen LogP contribution in [0.5, 0.6) is 0 Å². The summed E-state index contributed by atoms with van der Waals surface area (Å²) in [6.07, 6.45) is 7.12. The summed E-state index contributed by atoms with van der Waals surface area (Å²) in [7, 11) is 0. The molecule has 28 heavy (non-hydrogen) atoms. The zero-order valence-electron chi connectivity index (χ0n) is 15.0. The van der Waals surface area contributed by atoms with Gasteiger partial charge in [-0.2, -0.15) is 0 Å². The van der Waals surface area contributed by atoms with Crippen molar-refractivity contribution in [1.82, 2.24) is 4.98 Å². The maximum absolute atomic E-state index is 12.2. The second-order valence-corrected chi connectivity index (χ2v) is 7.63. The highest BCUT2D eigenvalue weighted by molar-refractivity contribution is 7.98. The Morgan fingerprint density at radius 3 is 2.93 bits per heavy atom. The van der Waals surface area contributed by atoms with E-state index < -0.39 is 17.7 Å². The van der Waals surface area contributed by atoms with Gasteiger partial charge in [0, 0.05) is 28.6 Å². The fourth-order valence-electron chi connectivity index (χ4n) is 2.47. The Balaban J connectivity index is 1.49. The van der Waals surface area contributed by atoms with Gasteiger partial charge in [0.25, 0.3) is 5.91 Å². The van der Waals surface area contributed by atoms with Crippen molar-refractivity contribution < 1.29 is 14.4 Å². The Bertz CT molecular complexity index is 952. The predicted molar refractivity (Wildman–Crippen MR) is 112 cm³/mol. The molecule has 9 heteroatoms. The van der Waals surface area contributed by atoms with Crippen molar-refractivity contribution in [3.05, 3.63) is 47.5 Å². The molecule has 1 aromatic heterocycles. The molecule has 3 amide bonds. The number of hydrogen-bond acceptors (Lipinski definition) is 6. The number of benzene rings is 1. The maximum atomic E-state index is 12.2. The Labute approximate surface area is 170 Å². The van der Waals surface area contributed by atoms with Crippen LogP contribution in [0.2, 0.25) is 0 Å². The molecule has 2 aromatic rings. The Kier molecular flexibility index (Phi) is 6.72. The molecule has 1 aromatic carbocycles. The molecule has 1 atom stereocenters. The van der Waals surface area contributed by atoms with Gasteiger partial charge in [0.2, 0.25) is 11.8 Å². The first-order valence-electron chi connectivity index (χ1n) is 8.49. The number of rotatable bonds is 7. The number of nitrogens with one attached hydrogen (secondary N) is 2. The van der Waals surface area contributed by atoms with E-state index in [9.17, 15) is 14.4 Å². The summed E-state index contributed by atoms with van der Waals surface area (Å²) in [5.41, 5.74) is 1.47.